The number of hydrogen-bond acceptors (Lipinski definition) is 2. The Morgan fingerprint density at radius 3 is 2.48 bits per heavy atom. The van der Waals surface area contributed by atoms with Crippen molar-refractivity contribution >= 4 is 17.0 Å². The second kappa shape index (κ2) is 7.36. The van der Waals surface area contributed by atoms with Crippen molar-refractivity contribution in [2.24, 2.45) is 10.9 Å². The van der Waals surface area contributed by atoms with Crippen molar-refractivity contribution in [2.75, 3.05) is 0 Å². The zero-order valence-electron chi connectivity index (χ0n) is 15.1. The topological polar surface area (TPSA) is 17.3 Å². The van der Waals surface area contributed by atoms with Crippen LogP contribution in [0.5, 0.6) is 0 Å². The molecule has 0 aliphatic carbocycles. The van der Waals surface area contributed by atoms with Crippen LogP contribution in [0.15, 0.2) is 52.8 Å². The highest BCUT2D eigenvalue weighted by Crippen LogP contribution is 2.24. The van der Waals surface area contributed by atoms with Gasteiger partial charge in [-0.2, -0.15) is 0 Å². The van der Waals surface area contributed by atoms with Crippen LogP contribution in [0.25, 0.3) is 11.3 Å². The lowest BCUT2D eigenvalue weighted by molar-refractivity contribution is 0.518. The van der Waals surface area contributed by atoms with Crippen molar-refractivity contribution in [1.29, 1.82) is 0 Å². The third-order valence-corrected chi connectivity index (χ3v) is 5.14. The van der Waals surface area contributed by atoms with E-state index in [0.29, 0.717) is 5.92 Å². The van der Waals surface area contributed by atoms with Gasteiger partial charge >= 0.3 is 0 Å². The van der Waals surface area contributed by atoms with Crippen LogP contribution < -0.4 is 4.80 Å². The molecule has 0 amide bonds. The molecule has 4 heteroatoms. The molecule has 1 heterocycles. The SMILES string of the molecule is Cc1cccc(N=c2scc(-c3ccc(F)cc3)n2CC(C)C)c1C. The molecule has 1 aromatic heterocycles. The third-order valence-electron chi connectivity index (χ3n) is 4.28. The molecule has 0 unspecified atom stereocenters. The van der Waals surface area contributed by atoms with Gasteiger partial charge in [0.15, 0.2) is 4.80 Å². The maximum absolute atomic E-state index is 13.3. The van der Waals surface area contributed by atoms with Gasteiger partial charge in [-0.25, -0.2) is 9.38 Å². The number of rotatable bonds is 4. The van der Waals surface area contributed by atoms with E-state index in [2.05, 4.69) is 49.8 Å². The fourth-order valence-corrected chi connectivity index (χ4v) is 3.70. The summed E-state index contributed by atoms with van der Waals surface area (Å²) in [5.41, 5.74) is 5.55. The van der Waals surface area contributed by atoms with Crippen molar-refractivity contribution in [2.45, 2.75) is 34.2 Å². The zero-order valence-corrected chi connectivity index (χ0v) is 15.9. The Kier molecular flexibility index (Phi) is 5.19. The number of benzene rings is 2. The molecule has 0 saturated heterocycles. The summed E-state index contributed by atoms with van der Waals surface area (Å²) in [6.07, 6.45) is 0. The van der Waals surface area contributed by atoms with E-state index in [1.807, 2.05) is 18.2 Å². The summed E-state index contributed by atoms with van der Waals surface area (Å²) in [4.78, 5) is 5.90. The number of aromatic nitrogens is 1. The van der Waals surface area contributed by atoms with Crippen LogP contribution in [0.1, 0.15) is 25.0 Å². The van der Waals surface area contributed by atoms with Gasteiger partial charge in [0.25, 0.3) is 0 Å². The second-order valence-corrected chi connectivity index (χ2v) is 7.58. The van der Waals surface area contributed by atoms with E-state index >= 15 is 0 Å². The summed E-state index contributed by atoms with van der Waals surface area (Å²) in [6, 6.07) is 12.9. The molecule has 0 aliphatic rings. The lowest BCUT2D eigenvalue weighted by Gasteiger charge is -2.12. The van der Waals surface area contributed by atoms with Crippen LogP contribution >= 0.6 is 11.3 Å². The molecule has 2 aromatic carbocycles. The van der Waals surface area contributed by atoms with Gasteiger partial charge in [-0.3, -0.25) is 0 Å². The average Bonchev–Trinajstić information content (AvgIpc) is 2.94. The van der Waals surface area contributed by atoms with E-state index in [9.17, 15) is 4.39 Å². The third kappa shape index (κ3) is 3.90. The Morgan fingerprint density at radius 1 is 1.08 bits per heavy atom. The lowest BCUT2D eigenvalue weighted by atomic mass is 10.1. The van der Waals surface area contributed by atoms with Crippen molar-refractivity contribution in [3.63, 3.8) is 0 Å². The predicted octanol–water partition coefficient (Wildman–Crippen LogP) is 5.86. The molecule has 0 saturated carbocycles. The summed E-state index contributed by atoms with van der Waals surface area (Å²) < 4.78 is 15.5. The van der Waals surface area contributed by atoms with Gasteiger partial charge in [0.1, 0.15) is 5.82 Å². The van der Waals surface area contributed by atoms with Gasteiger partial charge in [0, 0.05) is 11.9 Å². The maximum atomic E-state index is 13.3. The molecule has 2 nitrogen and oxygen atoms in total. The molecule has 25 heavy (non-hydrogen) atoms. The standard InChI is InChI=1S/C21H23FN2S/c1-14(2)12-24-20(17-8-10-18(22)11-9-17)13-25-21(24)23-19-7-5-6-15(3)16(19)4/h5-11,13-14H,12H2,1-4H3. The summed E-state index contributed by atoms with van der Waals surface area (Å²) in [7, 11) is 0. The second-order valence-electron chi connectivity index (χ2n) is 6.75. The predicted molar refractivity (Wildman–Crippen MR) is 104 cm³/mol. The first kappa shape index (κ1) is 17.6. The molecule has 0 N–H and O–H groups in total. The van der Waals surface area contributed by atoms with E-state index < -0.39 is 0 Å². The van der Waals surface area contributed by atoms with Crippen LogP contribution in [-0.4, -0.2) is 4.57 Å². The van der Waals surface area contributed by atoms with E-state index in [4.69, 9.17) is 4.99 Å². The number of aryl methyl sites for hydroxylation is 1. The molecule has 3 rings (SSSR count). The van der Waals surface area contributed by atoms with Gasteiger partial charge in [-0.1, -0.05) is 26.0 Å². The number of hydrogen-bond donors (Lipinski definition) is 0. The van der Waals surface area contributed by atoms with Crippen molar-refractivity contribution in [3.8, 4) is 11.3 Å². The van der Waals surface area contributed by atoms with Crippen LogP contribution in [0.2, 0.25) is 0 Å². The average molecular weight is 354 g/mol. The molecule has 3 aromatic rings. The van der Waals surface area contributed by atoms with E-state index in [1.54, 1.807) is 11.3 Å². The summed E-state index contributed by atoms with van der Waals surface area (Å²) >= 11 is 1.63. The zero-order chi connectivity index (χ0) is 18.0. The van der Waals surface area contributed by atoms with Gasteiger partial charge in [0.2, 0.25) is 0 Å². The Morgan fingerprint density at radius 2 is 1.80 bits per heavy atom. The van der Waals surface area contributed by atoms with Crippen LogP contribution in [0, 0.1) is 25.6 Å². The molecule has 0 aliphatic heterocycles. The van der Waals surface area contributed by atoms with Gasteiger partial charge in [0.05, 0.1) is 11.4 Å². The first-order valence-electron chi connectivity index (χ1n) is 8.51. The highest BCUT2D eigenvalue weighted by atomic mass is 32.1. The maximum Gasteiger partial charge on any atom is 0.190 e. The Bertz CT molecular complexity index is 933. The molecular formula is C21H23FN2S. The Labute approximate surface area is 152 Å². The highest BCUT2D eigenvalue weighted by molar-refractivity contribution is 7.07. The number of halogens is 1. The molecule has 0 spiro atoms. The minimum atomic E-state index is -0.213. The van der Waals surface area contributed by atoms with Crippen LogP contribution in [0.3, 0.4) is 0 Å². The van der Waals surface area contributed by atoms with Crippen molar-refractivity contribution in [1.82, 2.24) is 4.57 Å². The number of nitrogens with zero attached hydrogens (tertiary/aromatic N) is 2. The molecule has 130 valence electrons. The van der Waals surface area contributed by atoms with Crippen molar-refractivity contribution < 1.29 is 4.39 Å². The number of thiazole rings is 1. The molecule has 0 atom stereocenters. The largest absolute Gasteiger partial charge is 0.316 e. The molecule has 0 radical (unpaired) electrons. The fraction of sp³-hybridized carbons (Fsp3) is 0.286. The molecule has 0 fully saturated rings. The van der Waals surface area contributed by atoms with Crippen LogP contribution in [-0.2, 0) is 6.54 Å². The summed E-state index contributed by atoms with van der Waals surface area (Å²) in [5, 5.41) is 2.11. The first-order chi connectivity index (χ1) is 12.0. The van der Waals surface area contributed by atoms with Crippen LogP contribution in [0.4, 0.5) is 10.1 Å². The van der Waals surface area contributed by atoms with E-state index in [1.165, 1.54) is 23.3 Å². The van der Waals surface area contributed by atoms with Gasteiger partial charge < -0.3 is 4.57 Å². The Hall–Kier alpha value is -2.20. The lowest BCUT2D eigenvalue weighted by Crippen LogP contribution is -2.19. The normalized spacial score (nSPS) is 12.2. The minimum absolute atomic E-state index is 0.213. The molecular weight excluding hydrogens is 331 g/mol. The summed E-state index contributed by atoms with van der Waals surface area (Å²) in [5.74, 6) is 0.279. The van der Waals surface area contributed by atoms with Gasteiger partial charge in [-0.15, -0.1) is 11.3 Å². The van der Waals surface area contributed by atoms with E-state index in [-0.39, 0.29) is 5.82 Å². The van der Waals surface area contributed by atoms with Crippen molar-refractivity contribution in [3.05, 3.63) is 69.6 Å². The van der Waals surface area contributed by atoms with E-state index in [0.717, 1.165) is 28.3 Å². The monoisotopic (exact) mass is 354 g/mol. The Balaban J connectivity index is 2.15. The smallest absolute Gasteiger partial charge is 0.190 e. The minimum Gasteiger partial charge on any atom is -0.316 e. The fourth-order valence-electron chi connectivity index (χ4n) is 2.77. The first-order valence-corrected chi connectivity index (χ1v) is 9.39. The molecule has 0 bridgehead atoms. The summed E-state index contributed by atoms with van der Waals surface area (Å²) in [6.45, 7) is 9.48. The quantitative estimate of drug-likeness (QED) is 0.558. The highest BCUT2D eigenvalue weighted by Gasteiger charge is 2.10. The van der Waals surface area contributed by atoms with Gasteiger partial charge in [-0.05, 0) is 66.8 Å².